The van der Waals surface area contributed by atoms with Crippen LogP contribution >= 0.6 is 0 Å². The smallest absolute Gasteiger partial charge is 0.247 e. The Morgan fingerprint density at radius 3 is 2.36 bits per heavy atom. The van der Waals surface area contributed by atoms with Crippen molar-refractivity contribution in [3.8, 4) is 0 Å². The Kier molecular flexibility index (Phi) is 7.32. The topological polar surface area (TPSA) is 92.4 Å². The Morgan fingerprint density at radius 2 is 1.86 bits per heavy atom. The second-order valence-electron chi connectivity index (χ2n) is 5.77. The van der Waals surface area contributed by atoms with Crippen LogP contribution in [-0.4, -0.2) is 17.0 Å². The lowest BCUT2D eigenvalue weighted by Gasteiger charge is -2.23. The van der Waals surface area contributed by atoms with Crippen molar-refractivity contribution in [1.82, 2.24) is 5.48 Å². The van der Waals surface area contributed by atoms with Crippen molar-refractivity contribution in [3.63, 3.8) is 0 Å². The minimum absolute atomic E-state index is 0.226. The van der Waals surface area contributed by atoms with E-state index in [0.29, 0.717) is 12.8 Å². The first-order chi connectivity index (χ1) is 10.5. The van der Waals surface area contributed by atoms with Crippen LogP contribution in [0.25, 0.3) is 6.08 Å². The van der Waals surface area contributed by atoms with Crippen molar-refractivity contribution in [3.05, 3.63) is 42.0 Å². The molecule has 0 saturated carbocycles. The van der Waals surface area contributed by atoms with Crippen LogP contribution in [0.3, 0.4) is 0 Å². The molecule has 1 aromatic rings. The van der Waals surface area contributed by atoms with E-state index in [1.54, 1.807) is 5.48 Å². The number of carbonyl (C=O) groups excluding carboxylic acids is 2. The first-order valence-electron chi connectivity index (χ1n) is 7.40. The van der Waals surface area contributed by atoms with Gasteiger partial charge in [0.2, 0.25) is 11.8 Å². The summed E-state index contributed by atoms with van der Waals surface area (Å²) in [5.41, 5.74) is 8.08. The third kappa shape index (κ3) is 5.69. The molecule has 120 valence electrons. The molecule has 0 fully saturated rings. The molecule has 0 radical (unpaired) electrons. The average molecular weight is 304 g/mol. The van der Waals surface area contributed by atoms with Gasteiger partial charge in [0.1, 0.15) is 0 Å². The van der Waals surface area contributed by atoms with Crippen molar-refractivity contribution in [1.29, 1.82) is 0 Å². The molecular formula is C17H24N2O3. The molecule has 0 aromatic heterocycles. The third-order valence-corrected chi connectivity index (χ3v) is 3.52. The Balaban J connectivity index is 2.85. The van der Waals surface area contributed by atoms with Gasteiger partial charge < -0.3 is 5.73 Å². The van der Waals surface area contributed by atoms with Crippen LogP contribution in [0.4, 0.5) is 0 Å². The molecule has 4 N–H and O–H groups in total. The average Bonchev–Trinajstić information content (AvgIpc) is 2.49. The van der Waals surface area contributed by atoms with Crippen molar-refractivity contribution < 1.29 is 14.8 Å². The summed E-state index contributed by atoms with van der Waals surface area (Å²) < 4.78 is 0. The van der Waals surface area contributed by atoms with Crippen molar-refractivity contribution in [2.75, 3.05) is 0 Å². The highest BCUT2D eigenvalue weighted by Gasteiger charge is 2.31. The van der Waals surface area contributed by atoms with E-state index in [9.17, 15) is 9.59 Å². The molecule has 0 saturated heterocycles. The Bertz CT molecular complexity index is 512. The summed E-state index contributed by atoms with van der Waals surface area (Å²) in [5, 5.41) is 8.91. The molecule has 0 unspecified atom stereocenters. The number of amides is 2. The fourth-order valence-corrected chi connectivity index (χ4v) is 2.44. The molecule has 22 heavy (non-hydrogen) atoms. The van der Waals surface area contributed by atoms with Crippen LogP contribution in [0, 0.1) is 17.8 Å². The number of allylic oxidation sites excluding steroid dienone is 1. The van der Waals surface area contributed by atoms with Gasteiger partial charge in [0, 0.05) is 5.92 Å². The van der Waals surface area contributed by atoms with Crippen LogP contribution in [0.15, 0.2) is 36.4 Å². The first kappa shape index (κ1) is 17.9. The lowest BCUT2D eigenvalue weighted by Crippen LogP contribution is -2.39. The van der Waals surface area contributed by atoms with Crippen LogP contribution in [0.1, 0.15) is 32.3 Å². The maximum Gasteiger partial charge on any atom is 0.247 e. The molecule has 0 aliphatic heterocycles. The number of hydroxylamine groups is 1. The van der Waals surface area contributed by atoms with Gasteiger partial charge in [-0.3, -0.25) is 14.8 Å². The number of carbonyl (C=O) groups is 2. The fraction of sp³-hybridized carbons (Fsp3) is 0.412. The number of nitrogens with two attached hydrogens (primary N) is 1. The Morgan fingerprint density at radius 1 is 1.23 bits per heavy atom. The standard InChI is InChI=1S/C17H24N2O3/c1-12(2)11-15(16(18)20)14(17(21)19-22)10-6-9-13-7-4-3-5-8-13/h3-9,12,14-15,22H,10-11H2,1-2H3,(H2,18,20)(H,19,21)/t14-,15+/m0/s1. The molecule has 2 atom stereocenters. The second kappa shape index (κ2) is 9.00. The minimum atomic E-state index is -0.676. The van der Waals surface area contributed by atoms with E-state index in [1.807, 2.05) is 56.3 Å². The summed E-state index contributed by atoms with van der Waals surface area (Å²) in [6.07, 6.45) is 4.55. The minimum Gasteiger partial charge on any atom is -0.369 e. The third-order valence-electron chi connectivity index (χ3n) is 3.52. The van der Waals surface area contributed by atoms with Gasteiger partial charge in [0.25, 0.3) is 0 Å². The van der Waals surface area contributed by atoms with E-state index >= 15 is 0 Å². The van der Waals surface area contributed by atoms with Crippen LogP contribution in [0.5, 0.6) is 0 Å². The van der Waals surface area contributed by atoms with Gasteiger partial charge in [-0.05, 0) is 24.3 Å². The van der Waals surface area contributed by atoms with Gasteiger partial charge in [-0.15, -0.1) is 0 Å². The molecule has 0 spiro atoms. The largest absolute Gasteiger partial charge is 0.369 e. The van der Waals surface area contributed by atoms with Gasteiger partial charge in [-0.2, -0.15) is 0 Å². The molecule has 1 rings (SSSR count). The maximum atomic E-state index is 11.9. The molecule has 0 aliphatic rings. The second-order valence-corrected chi connectivity index (χ2v) is 5.77. The predicted molar refractivity (Wildman–Crippen MR) is 85.7 cm³/mol. The highest BCUT2D eigenvalue weighted by Crippen LogP contribution is 2.24. The van der Waals surface area contributed by atoms with E-state index in [-0.39, 0.29) is 5.92 Å². The van der Waals surface area contributed by atoms with E-state index in [2.05, 4.69) is 0 Å². The summed E-state index contributed by atoms with van der Waals surface area (Å²) in [7, 11) is 0. The molecule has 5 nitrogen and oxygen atoms in total. The molecular weight excluding hydrogens is 280 g/mol. The quantitative estimate of drug-likeness (QED) is 0.508. The van der Waals surface area contributed by atoms with E-state index in [0.717, 1.165) is 5.56 Å². The number of rotatable bonds is 8. The monoisotopic (exact) mass is 304 g/mol. The summed E-state index contributed by atoms with van der Waals surface area (Å²) in [6.45, 7) is 3.92. The van der Waals surface area contributed by atoms with Gasteiger partial charge in [0.05, 0.1) is 5.92 Å². The normalized spacial score (nSPS) is 14.0. The predicted octanol–water partition coefficient (Wildman–Crippen LogP) is 2.36. The summed E-state index contributed by atoms with van der Waals surface area (Å²) in [6, 6.07) is 9.64. The van der Waals surface area contributed by atoms with E-state index < -0.39 is 23.7 Å². The molecule has 0 bridgehead atoms. The SMILES string of the molecule is CC(C)C[C@@H](C(N)=O)[C@H](CC=Cc1ccccc1)C(=O)NO. The molecule has 0 aliphatic carbocycles. The van der Waals surface area contributed by atoms with Gasteiger partial charge in [-0.1, -0.05) is 56.3 Å². The van der Waals surface area contributed by atoms with Gasteiger partial charge in [0.15, 0.2) is 0 Å². The van der Waals surface area contributed by atoms with Crippen LogP contribution in [-0.2, 0) is 9.59 Å². The number of hydrogen-bond donors (Lipinski definition) is 3. The zero-order valence-corrected chi connectivity index (χ0v) is 13.0. The zero-order valence-electron chi connectivity index (χ0n) is 13.0. The Hall–Kier alpha value is -2.14. The van der Waals surface area contributed by atoms with Crippen LogP contribution < -0.4 is 11.2 Å². The molecule has 2 amide bonds. The first-order valence-corrected chi connectivity index (χ1v) is 7.40. The number of benzene rings is 1. The summed E-state index contributed by atoms with van der Waals surface area (Å²) in [5.74, 6) is -2.15. The highest BCUT2D eigenvalue weighted by atomic mass is 16.5. The maximum absolute atomic E-state index is 11.9. The summed E-state index contributed by atoms with van der Waals surface area (Å²) in [4.78, 5) is 23.5. The van der Waals surface area contributed by atoms with Crippen molar-refractivity contribution >= 4 is 17.9 Å². The fourth-order valence-electron chi connectivity index (χ4n) is 2.44. The lowest BCUT2D eigenvalue weighted by atomic mass is 9.82. The van der Waals surface area contributed by atoms with E-state index in [4.69, 9.17) is 10.9 Å². The molecule has 1 aromatic carbocycles. The number of hydrogen-bond acceptors (Lipinski definition) is 3. The van der Waals surface area contributed by atoms with Gasteiger partial charge in [-0.25, -0.2) is 5.48 Å². The molecule has 0 heterocycles. The van der Waals surface area contributed by atoms with E-state index in [1.165, 1.54) is 0 Å². The molecule has 5 heteroatoms. The summed E-state index contributed by atoms with van der Waals surface area (Å²) >= 11 is 0. The number of primary amides is 1. The van der Waals surface area contributed by atoms with Gasteiger partial charge >= 0.3 is 0 Å². The Labute approximate surface area is 131 Å². The van der Waals surface area contributed by atoms with Crippen LogP contribution in [0.2, 0.25) is 0 Å². The highest BCUT2D eigenvalue weighted by molar-refractivity contribution is 5.86. The van der Waals surface area contributed by atoms with Crippen molar-refractivity contribution in [2.24, 2.45) is 23.5 Å². The van der Waals surface area contributed by atoms with Crippen molar-refractivity contribution in [2.45, 2.75) is 26.7 Å². The number of nitrogens with one attached hydrogen (secondary N) is 1. The lowest BCUT2D eigenvalue weighted by molar-refractivity contribution is -0.139. The zero-order chi connectivity index (χ0) is 16.5.